The molecule has 0 bridgehead atoms. The van der Waals surface area contributed by atoms with E-state index in [1.54, 1.807) is 31.2 Å². The molecule has 0 aliphatic heterocycles. The van der Waals surface area contributed by atoms with Crippen LogP contribution in [-0.2, 0) is 4.74 Å². The molecule has 2 rings (SSSR count). The average molecular weight is 273 g/mol. The van der Waals surface area contributed by atoms with Crippen molar-refractivity contribution in [2.75, 3.05) is 23.4 Å². The Kier molecular flexibility index (Phi) is 3.99. The van der Waals surface area contributed by atoms with Crippen LogP contribution in [0.5, 0.6) is 0 Å². The predicted molar refractivity (Wildman–Crippen MR) is 76.5 cm³/mol. The van der Waals surface area contributed by atoms with E-state index < -0.39 is 0 Å². The van der Waals surface area contributed by atoms with Gasteiger partial charge < -0.3 is 21.5 Å². The molecule has 5 N–H and O–H groups in total. The van der Waals surface area contributed by atoms with E-state index in [0.717, 1.165) is 5.69 Å². The zero-order chi connectivity index (χ0) is 14.5. The lowest BCUT2D eigenvalue weighted by atomic mass is 10.2. The van der Waals surface area contributed by atoms with Gasteiger partial charge in [0.25, 0.3) is 0 Å². The van der Waals surface area contributed by atoms with Gasteiger partial charge in [0.15, 0.2) is 11.6 Å². The molecule has 0 fully saturated rings. The van der Waals surface area contributed by atoms with E-state index >= 15 is 0 Å². The van der Waals surface area contributed by atoms with Crippen LogP contribution in [0.2, 0.25) is 0 Å². The Labute approximate surface area is 116 Å². The minimum absolute atomic E-state index is 0.214. The van der Waals surface area contributed by atoms with Crippen LogP contribution in [0, 0.1) is 0 Å². The van der Waals surface area contributed by atoms with Crippen LogP contribution < -0.4 is 16.8 Å². The maximum atomic E-state index is 11.5. The molecule has 1 aromatic heterocycles. The van der Waals surface area contributed by atoms with Gasteiger partial charge in [-0.15, -0.1) is 0 Å². The van der Waals surface area contributed by atoms with Crippen molar-refractivity contribution in [2.24, 2.45) is 0 Å². The van der Waals surface area contributed by atoms with E-state index in [-0.39, 0.29) is 17.5 Å². The first-order valence-corrected chi connectivity index (χ1v) is 6.02. The van der Waals surface area contributed by atoms with Gasteiger partial charge in [-0.2, -0.15) is 0 Å². The van der Waals surface area contributed by atoms with Crippen molar-refractivity contribution in [1.82, 2.24) is 9.97 Å². The van der Waals surface area contributed by atoms with Gasteiger partial charge in [-0.1, -0.05) is 0 Å². The molecule has 1 heterocycles. The second-order valence-electron chi connectivity index (χ2n) is 3.94. The highest BCUT2D eigenvalue weighted by Gasteiger charge is 2.08. The molecule has 104 valence electrons. The largest absolute Gasteiger partial charge is 0.462 e. The Morgan fingerprint density at radius 1 is 1.25 bits per heavy atom. The number of carbonyl (C=O) groups excluding carboxylic acids is 1. The number of benzene rings is 1. The van der Waals surface area contributed by atoms with E-state index in [2.05, 4.69) is 15.3 Å². The highest BCUT2D eigenvalue weighted by Crippen LogP contribution is 2.23. The summed E-state index contributed by atoms with van der Waals surface area (Å²) >= 11 is 0. The molecule has 0 saturated heterocycles. The molecule has 2 aromatic rings. The standard InChI is InChI=1S/C13H15N5O2/c1-2-20-13(19)8-3-5-9(6-4-8)18-12-10(14)11(15)16-7-17-12/h3-7H,2,14H2,1H3,(H3,15,16,17,18). The quantitative estimate of drug-likeness (QED) is 0.724. The van der Waals surface area contributed by atoms with Crippen LogP contribution >= 0.6 is 0 Å². The number of nitrogens with two attached hydrogens (primary N) is 2. The Hall–Kier alpha value is -2.83. The lowest BCUT2D eigenvalue weighted by Crippen LogP contribution is -2.06. The average Bonchev–Trinajstić information content (AvgIpc) is 2.45. The van der Waals surface area contributed by atoms with E-state index in [9.17, 15) is 4.79 Å². The number of esters is 1. The topological polar surface area (TPSA) is 116 Å². The van der Waals surface area contributed by atoms with Crippen molar-refractivity contribution in [3.05, 3.63) is 36.2 Å². The first kappa shape index (κ1) is 13.6. The molecule has 0 aliphatic rings. The fraction of sp³-hybridized carbons (Fsp3) is 0.154. The number of anilines is 4. The van der Waals surface area contributed by atoms with Crippen molar-refractivity contribution in [1.29, 1.82) is 0 Å². The number of nitrogen functional groups attached to an aromatic ring is 2. The highest BCUT2D eigenvalue weighted by molar-refractivity contribution is 5.90. The van der Waals surface area contributed by atoms with Crippen molar-refractivity contribution < 1.29 is 9.53 Å². The van der Waals surface area contributed by atoms with Gasteiger partial charge in [-0.25, -0.2) is 14.8 Å². The third-order valence-corrected chi connectivity index (χ3v) is 2.57. The first-order valence-electron chi connectivity index (χ1n) is 6.02. The minimum atomic E-state index is -0.357. The van der Waals surface area contributed by atoms with Gasteiger partial charge in [0.05, 0.1) is 12.2 Å². The Morgan fingerprint density at radius 2 is 1.95 bits per heavy atom. The van der Waals surface area contributed by atoms with Gasteiger partial charge in [0.2, 0.25) is 0 Å². The molecule has 1 aromatic carbocycles. The summed E-state index contributed by atoms with van der Waals surface area (Å²) in [6.45, 7) is 2.10. The number of nitrogens with one attached hydrogen (secondary N) is 1. The third kappa shape index (κ3) is 2.94. The van der Waals surface area contributed by atoms with Gasteiger partial charge in [0, 0.05) is 5.69 Å². The first-order chi connectivity index (χ1) is 9.61. The number of ether oxygens (including phenoxy) is 1. The molecule has 0 aliphatic carbocycles. The maximum absolute atomic E-state index is 11.5. The number of hydrogen-bond donors (Lipinski definition) is 3. The molecule has 7 nitrogen and oxygen atoms in total. The van der Waals surface area contributed by atoms with Crippen LogP contribution in [0.4, 0.5) is 23.0 Å². The number of carbonyl (C=O) groups is 1. The Morgan fingerprint density at radius 3 is 2.60 bits per heavy atom. The molecule has 0 spiro atoms. The smallest absolute Gasteiger partial charge is 0.338 e. The van der Waals surface area contributed by atoms with Crippen LogP contribution in [-0.4, -0.2) is 22.5 Å². The summed E-state index contributed by atoms with van der Waals surface area (Å²) in [4.78, 5) is 19.3. The third-order valence-electron chi connectivity index (χ3n) is 2.57. The molecule has 7 heteroatoms. The molecule has 0 atom stereocenters. The van der Waals surface area contributed by atoms with Crippen LogP contribution in [0.15, 0.2) is 30.6 Å². The van der Waals surface area contributed by atoms with E-state index in [1.165, 1.54) is 6.33 Å². The second kappa shape index (κ2) is 5.87. The van der Waals surface area contributed by atoms with E-state index in [4.69, 9.17) is 16.2 Å². The summed E-state index contributed by atoms with van der Waals surface area (Å²) in [7, 11) is 0. The van der Waals surface area contributed by atoms with E-state index in [0.29, 0.717) is 18.0 Å². The summed E-state index contributed by atoms with van der Waals surface area (Å²) in [5, 5.41) is 3.00. The lowest BCUT2D eigenvalue weighted by molar-refractivity contribution is 0.0526. The summed E-state index contributed by atoms with van der Waals surface area (Å²) in [5.41, 5.74) is 12.8. The van der Waals surface area contributed by atoms with Crippen molar-refractivity contribution >= 4 is 29.0 Å². The minimum Gasteiger partial charge on any atom is -0.462 e. The summed E-state index contributed by atoms with van der Waals surface area (Å²) in [6, 6.07) is 6.76. The SMILES string of the molecule is CCOC(=O)c1ccc(Nc2ncnc(N)c2N)cc1. The van der Waals surface area contributed by atoms with Gasteiger partial charge in [-0.3, -0.25) is 0 Å². The van der Waals surface area contributed by atoms with Gasteiger partial charge in [0.1, 0.15) is 12.0 Å². The number of rotatable bonds is 4. The number of aromatic nitrogens is 2. The molecular weight excluding hydrogens is 258 g/mol. The van der Waals surface area contributed by atoms with Crippen LogP contribution in [0.25, 0.3) is 0 Å². The van der Waals surface area contributed by atoms with Gasteiger partial charge >= 0.3 is 5.97 Å². The second-order valence-corrected chi connectivity index (χ2v) is 3.94. The normalized spacial score (nSPS) is 10.1. The fourth-order valence-electron chi connectivity index (χ4n) is 1.55. The summed E-state index contributed by atoms with van der Waals surface area (Å²) < 4.78 is 4.90. The van der Waals surface area contributed by atoms with Crippen molar-refractivity contribution in [3.63, 3.8) is 0 Å². The summed E-state index contributed by atoms with van der Waals surface area (Å²) in [5.74, 6) is 0.275. The highest BCUT2D eigenvalue weighted by atomic mass is 16.5. The number of nitrogens with zero attached hydrogens (tertiary/aromatic N) is 2. The predicted octanol–water partition coefficient (Wildman–Crippen LogP) is 1.56. The molecule has 20 heavy (non-hydrogen) atoms. The molecule has 0 amide bonds. The van der Waals surface area contributed by atoms with Gasteiger partial charge in [-0.05, 0) is 31.2 Å². The molecule has 0 unspecified atom stereocenters. The molecule has 0 saturated carbocycles. The number of hydrogen-bond acceptors (Lipinski definition) is 7. The Bertz CT molecular complexity index is 613. The van der Waals surface area contributed by atoms with Crippen molar-refractivity contribution in [3.8, 4) is 0 Å². The zero-order valence-corrected chi connectivity index (χ0v) is 11.0. The molecular formula is C13H15N5O2. The van der Waals surface area contributed by atoms with E-state index in [1.807, 2.05) is 0 Å². The van der Waals surface area contributed by atoms with Crippen LogP contribution in [0.1, 0.15) is 17.3 Å². The fourth-order valence-corrected chi connectivity index (χ4v) is 1.55. The monoisotopic (exact) mass is 273 g/mol. The Balaban J connectivity index is 2.15. The molecule has 0 radical (unpaired) electrons. The van der Waals surface area contributed by atoms with Crippen LogP contribution in [0.3, 0.4) is 0 Å². The zero-order valence-electron chi connectivity index (χ0n) is 11.0. The summed E-state index contributed by atoms with van der Waals surface area (Å²) in [6.07, 6.45) is 1.32. The lowest BCUT2D eigenvalue weighted by Gasteiger charge is -2.09. The van der Waals surface area contributed by atoms with Crippen molar-refractivity contribution in [2.45, 2.75) is 6.92 Å². The maximum Gasteiger partial charge on any atom is 0.338 e.